The summed E-state index contributed by atoms with van der Waals surface area (Å²) in [7, 11) is -3.81. The molecule has 0 saturated heterocycles. The van der Waals surface area contributed by atoms with Crippen LogP contribution >= 0.6 is 11.6 Å². The third-order valence-electron chi connectivity index (χ3n) is 5.17. The van der Waals surface area contributed by atoms with Crippen LogP contribution in [0.3, 0.4) is 0 Å². The number of hydrogen-bond acceptors (Lipinski definition) is 3. The molecular weight excluding hydrogens is 415 g/mol. The van der Waals surface area contributed by atoms with Crippen molar-refractivity contribution in [2.24, 2.45) is 0 Å². The SMILES string of the molecule is CCC(C(=O)NC1CCCc2ccccc21)N(c1ccc(F)c(Cl)c1)S(C)(=O)=O. The molecule has 0 aliphatic heterocycles. The van der Waals surface area contributed by atoms with Crippen LogP contribution in [0, 0.1) is 5.82 Å². The summed E-state index contributed by atoms with van der Waals surface area (Å²) >= 11 is 5.85. The summed E-state index contributed by atoms with van der Waals surface area (Å²) in [6.07, 6.45) is 3.98. The molecule has 0 radical (unpaired) electrons. The smallest absolute Gasteiger partial charge is 0.244 e. The lowest BCUT2D eigenvalue weighted by Gasteiger charge is -2.33. The second-order valence-corrected chi connectivity index (χ2v) is 9.50. The van der Waals surface area contributed by atoms with Crippen LogP contribution in [0.2, 0.25) is 5.02 Å². The molecule has 0 aromatic heterocycles. The van der Waals surface area contributed by atoms with Gasteiger partial charge in [0, 0.05) is 0 Å². The maximum absolute atomic E-state index is 13.6. The van der Waals surface area contributed by atoms with Gasteiger partial charge in [-0.1, -0.05) is 42.8 Å². The van der Waals surface area contributed by atoms with E-state index in [4.69, 9.17) is 11.6 Å². The van der Waals surface area contributed by atoms with Gasteiger partial charge in [0.2, 0.25) is 15.9 Å². The number of sulfonamides is 1. The highest BCUT2D eigenvalue weighted by Crippen LogP contribution is 2.31. The third-order valence-corrected chi connectivity index (χ3v) is 6.64. The van der Waals surface area contributed by atoms with E-state index < -0.39 is 21.9 Å². The monoisotopic (exact) mass is 438 g/mol. The molecular formula is C21H24ClFN2O3S. The Morgan fingerprint density at radius 2 is 2.03 bits per heavy atom. The zero-order valence-electron chi connectivity index (χ0n) is 16.4. The van der Waals surface area contributed by atoms with Gasteiger partial charge in [0.05, 0.1) is 23.0 Å². The van der Waals surface area contributed by atoms with Crippen molar-refractivity contribution >= 4 is 33.2 Å². The number of amides is 1. The number of rotatable bonds is 6. The van der Waals surface area contributed by atoms with Gasteiger partial charge in [-0.15, -0.1) is 0 Å². The predicted octanol–water partition coefficient (Wildman–Crippen LogP) is 4.22. The first-order chi connectivity index (χ1) is 13.7. The van der Waals surface area contributed by atoms with Gasteiger partial charge in [-0.25, -0.2) is 12.8 Å². The van der Waals surface area contributed by atoms with Crippen LogP contribution in [-0.4, -0.2) is 26.6 Å². The number of hydrogen-bond donors (Lipinski definition) is 1. The number of aryl methyl sites for hydroxylation is 1. The van der Waals surface area contributed by atoms with E-state index >= 15 is 0 Å². The molecule has 2 aromatic carbocycles. The van der Waals surface area contributed by atoms with Crippen LogP contribution < -0.4 is 9.62 Å². The van der Waals surface area contributed by atoms with E-state index in [1.807, 2.05) is 24.3 Å². The Morgan fingerprint density at radius 1 is 1.31 bits per heavy atom. The van der Waals surface area contributed by atoms with Crippen molar-refractivity contribution in [1.29, 1.82) is 0 Å². The molecule has 2 aromatic rings. The lowest BCUT2D eigenvalue weighted by molar-refractivity contribution is -0.123. The van der Waals surface area contributed by atoms with Crippen molar-refractivity contribution in [1.82, 2.24) is 5.32 Å². The molecule has 2 atom stereocenters. The van der Waals surface area contributed by atoms with Crippen LogP contribution in [0.1, 0.15) is 43.4 Å². The van der Waals surface area contributed by atoms with Crippen molar-refractivity contribution in [2.45, 2.75) is 44.7 Å². The average Bonchev–Trinajstić information content (AvgIpc) is 2.67. The Balaban J connectivity index is 1.91. The summed E-state index contributed by atoms with van der Waals surface area (Å²) in [4.78, 5) is 13.1. The Bertz CT molecular complexity index is 1010. The van der Waals surface area contributed by atoms with E-state index in [2.05, 4.69) is 5.32 Å². The molecule has 0 fully saturated rings. The van der Waals surface area contributed by atoms with Crippen LogP contribution in [-0.2, 0) is 21.2 Å². The fourth-order valence-corrected chi connectivity index (χ4v) is 5.23. The number of nitrogens with zero attached hydrogens (tertiary/aromatic N) is 1. The molecule has 29 heavy (non-hydrogen) atoms. The molecule has 2 unspecified atom stereocenters. The molecule has 1 N–H and O–H groups in total. The fourth-order valence-electron chi connectivity index (χ4n) is 3.85. The van der Waals surface area contributed by atoms with Crippen LogP contribution in [0.15, 0.2) is 42.5 Å². The number of carbonyl (C=O) groups excluding carboxylic acids is 1. The summed E-state index contributed by atoms with van der Waals surface area (Å²) in [5.41, 5.74) is 2.42. The quantitative estimate of drug-likeness (QED) is 0.734. The molecule has 1 aliphatic carbocycles. The molecule has 0 heterocycles. The number of carbonyl (C=O) groups is 1. The molecule has 1 aliphatic rings. The molecule has 0 spiro atoms. The van der Waals surface area contributed by atoms with Crippen molar-refractivity contribution in [3.8, 4) is 0 Å². The molecule has 1 amide bonds. The molecule has 5 nitrogen and oxygen atoms in total. The number of fused-ring (bicyclic) bond motifs is 1. The van der Waals surface area contributed by atoms with Crippen LogP contribution in [0.5, 0.6) is 0 Å². The van der Waals surface area contributed by atoms with Crippen molar-refractivity contribution in [3.63, 3.8) is 0 Å². The van der Waals surface area contributed by atoms with Crippen LogP contribution in [0.25, 0.3) is 0 Å². The van der Waals surface area contributed by atoms with Gasteiger partial charge < -0.3 is 5.32 Å². The Kier molecular flexibility index (Phi) is 6.49. The van der Waals surface area contributed by atoms with Crippen molar-refractivity contribution in [3.05, 3.63) is 64.4 Å². The summed E-state index contributed by atoms with van der Waals surface area (Å²) in [6, 6.07) is 10.4. The Morgan fingerprint density at radius 3 is 2.69 bits per heavy atom. The number of anilines is 1. The molecule has 0 bridgehead atoms. The fraction of sp³-hybridized carbons (Fsp3) is 0.381. The molecule has 156 valence electrons. The molecule has 8 heteroatoms. The van der Waals surface area contributed by atoms with E-state index in [1.165, 1.54) is 17.7 Å². The van der Waals surface area contributed by atoms with Crippen molar-refractivity contribution < 1.29 is 17.6 Å². The number of halogens is 2. The number of nitrogens with one attached hydrogen (secondary N) is 1. The zero-order chi connectivity index (χ0) is 21.2. The summed E-state index contributed by atoms with van der Waals surface area (Å²) in [5, 5.41) is 2.82. The highest BCUT2D eigenvalue weighted by atomic mass is 35.5. The molecule has 0 saturated carbocycles. The first-order valence-corrected chi connectivity index (χ1v) is 11.8. The number of benzene rings is 2. The van der Waals surface area contributed by atoms with Gasteiger partial charge in [0.1, 0.15) is 11.9 Å². The highest BCUT2D eigenvalue weighted by Gasteiger charge is 2.33. The minimum absolute atomic E-state index is 0.157. The van der Waals surface area contributed by atoms with Gasteiger partial charge in [-0.05, 0) is 55.0 Å². The van der Waals surface area contributed by atoms with Crippen molar-refractivity contribution in [2.75, 3.05) is 10.6 Å². The lowest BCUT2D eigenvalue weighted by Crippen LogP contribution is -2.50. The van der Waals surface area contributed by atoms with E-state index in [0.29, 0.717) is 0 Å². The average molecular weight is 439 g/mol. The van der Waals surface area contributed by atoms with Gasteiger partial charge in [-0.3, -0.25) is 9.10 Å². The highest BCUT2D eigenvalue weighted by molar-refractivity contribution is 7.92. The third kappa shape index (κ3) is 4.73. The Labute approximate surface area is 175 Å². The largest absolute Gasteiger partial charge is 0.347 e. The second kappa shape index (κ2) is 8.71. The summed E-state index contributed by atoms with van der Waals surface area (Å²) in [6.45, 7) is 1.74. The molecule has 3 rings (SSSR count). The normalized spacial score (nSPS) is 17.3. The second-order valence-electron chi connectivity index (χ2n) is 7.23. The first kappa shape index (κ1) is 21.6. The topological polar surface area (TPSA) is 66.5 Å². The minimum atomic E-state index is -3.81. The van der Waals surface area contributed by atoms with E-state index in [-0.39, 0.29) is 29.1 Å². The zero-order valence-corrected chi connectivity index (χ0v) is 17.9. The van der Waals surface area contributed by atoms with Crippen LogP contribution in [0.4, 0.5) is 10.1 Å². The predicted molar refractivity (Wildman–Crippen MR) is 113 cm³/mol. The standard InChI is InChI=1S/C21H24ClFN2O3S/c1-3-20(25(29(2,27)28)15-11-12-18(23)17(22)13-15)21(26)24-19-10-6-8-14-7-4-5-9-16(14)19/h4-5,7,9,11-13,19-20H,3,6,8,10H2,1-2H3,(H,24,26). The summed E-state index contributed by atoms with van der Waals surface area (Å²) in [5.74, 6) is -1.04. The summed E-state index contributed by atoms with van der Waals surface area (Å²) < 4.78 is 39.7. The van der Waals surface area contributed by atoms with E-state index in [9.17, 15) is 17.6 Å². The Hall–Kier alpha value is -2.12. The first-order valence-electron chi connectivity index (χ1n) is 9.55. The van der Waals surface area contributed by atoms with E-state index in [0.717, 1.165) is 41.5 Å². The van der Waals surface area contributed by atoms with Gasteiger partial charge >= 0.3 is 0 Å². The maximum Gasteiger partial charge on any atom is 0.244 e. The minimum Gasteiger partial charge on any atom is -0.347 e. The lowest BCUT2D eigenvalue weighted by atomic mass is 9.87. The van der Waals surface area contributed by atoms with E-state index in [1.54, 1.807) is 6.92 Å². The van der Waals surface area contributed by atoms with Gasteiger partial charge in [0.15, 0.2) is 0 Å². The van der Waals surface area contributed by atoms with Gasteiger partial charge in [-0.2, -0.15) is 0 Å². The maximum atomic E-state index is 13.6. The van der Waals surface area contributed by atoms with Gasteiger partial charge in [0.25, 0.3) is 0 Å².